The molecule has 4 heteroatoms. The van der Waals surface area contributed by atoms with E-state index in [1.54, 1.807) is 0 Å². The maximum Gasteiger partial charge on any atom is 0.226 e. The zero-order valence-electron chi connectivity index (χ0n) is 12.2. The minimum Gasteiger partial charge on any atom is -0.393 e. The summed E-state index contributed by atoms with van der Waals surface area (Å²) in [6.45, 7) is 3.76. The lowest BCUT2D eigenvalue weighted by molar-refractivity contribution is -0.118. The maximum absolute atomic E-state index is 11.6. The minimum absolute atomic E-state index is 0.0125. The van der Waals surface area contributed by atoms with Crippen LogP contribution in [0.5, 0.6) is 0 Å². The van der Waals surface area contributed by atoms with Crippen LogP contribution in [0.15, 0.2) is 24.3 Å². The summed E-state index contributed by atoms with van der Waals surface area (Å²) in [6.07, 6.45) is 3.64. The van der Waals surface area contributed by atoms with E-state index in [1.165, 1.54) is 0 Å². The minimum atomic E-state index is -0.123. The largest absolute Gasteiger partial charge is 0.393 e. The van der Waals surface area contributed by atoms with E-state index in [2.05, 4.69) is 10.6 Å². The molecule has 1 amide bonds. The van der Waals surface area contributed by atoms with Gasteiger partial charge in [0.25, 0.3) is 0 Å². The first-order valence-corrected chi connectivity index (χ1v) is 7.40. The first kappa shape index (κ1) is 14.9. The van der Waals surface area contributed by atoms with Crippen molar-refractivity contribution in [3.63, 3.8) is 0 Å². The molecule has 110 valence electrons. The quantitative estimate of drug-likeness (QED) is 0.792. The molecule has 0 bridgehead atoms. The van der Waals surface area contributed by atoms with Crippen LogP contribution >= 0.6 is 0 Å². The van der Waals surface area contributed by atoms with E-state index in [9.17, 15) is 9.90 Å². The van der Waals surface area contributed by atoms with Gasteiger partial charge in [-0.05, 0) is 49.9 Å². The van der Waals surface area contributed by atoms with Crippen LogP contribution in [0.3, 0.4) is 0 Å². The van der Waals surface area contributed by atoms with Gasteiger partial charge in [-0.1, -0.05) is 13.8 Å². The molecule has 0 radical (unpaired) electrons. The first-order valence-electron chi connectivity index (χ1n) is 7.40. The Balaban J connectivity index is 1.87. The average molecular weight is 276 g/mol. The number of anilines is 2. The molecule has 4 nitrogen and oxygen atoms in total. The molecule has 1 aliphatic carbocycles. The van der Waals surface area contributed by atoms with E-state index < -0.39 is 0 Å². The predicted octanol–water partition coefficient (Wildman–Crippen LogP) is 3.00. The number of aliphatic hydroxyl groups is 1. The zero-order chi connectivity index (χ0) is 14.5. The molecule has 20 heavy (non-hydrogen) atoms. The topological polar surface area (TPSA) is 61.4 Å². The van der Waals surface area contributed by atoms with Gasteiger partial charge in [0, 0.05) is 23.3 Å². The molecular weight excluding hydrogens is 252 g/mol. The molecule has 0 heterocycles. The van der Waals surface area contributed by atoms with Crippen molar-refractivity contribution in [2.24, 2.45) is 5.92 Å². The summed E-state index contributed by atoms with van der Waals surface area (Å²) in [4.78, 5) is 11.6. The van der Waals surface area contributed by atoms with Crippen LogP contribution < -0.4 is 10.6 Å². The molecule has 1 fully saturated rings. The molecule has 0 aromatic heterocycles. The van der Waals surface area contributed by atoms with Gasteiger partial charge in [0.2, 0.25) is 5.91 Å². The lowest BCUT2D eigenvalue weighted by atomic mass is 9.93. The third-order valence-corrected chi connectivity index (χ3v) is 3.74. The molecule has 0 unspecified atom stereocenters. The highest BCUT2D eigenvalue weighted by molar-refractivity contribution is 5.92. The van der Waals surface area contributed by atoms with Crippen LogP contribution in [0.4, 0.5) is 11.4 Å². The normalized spacial score (nSPS) is 22.6. The molecule has 1 aromatic rings. The fourth-order valence-electron chi connectivity index (χ4n) is 2.39. The second-order valence-electron chi connectivity index (χ2n) is 5.87. The third kappa shape index (κ3) is 4.23. The second-order valence-corrected chi connectivity index (χ2v) is 5.87. The number of hydrogen-bond acceptors (Lipinski definition) is 3. The van der Waals surface area contributed by atoms with Crippen molar-refractivity contribution in [1.29, 1.82) is 0 Å². The van der Waals surface area contributed by atoms with Crippen LogP contribution in [-0.2, 0) is 4.79 Å². The highest BCUT2D eigenvalue weighted by Gasteiger charge is 2.18. The van der Waals surface area contributed by atoms with Crippen LogP contribution in [0.2, 0.25) is 0 Å². The molecule has 1 aromatic carbocycles. The van der Waals surface area contributed by atoms with E-state index in [4.69, 9.17) is 0 Å². The average Bonchev–Trinajstić information content (AvgIpc) is 2.43. The molecule has 0 atom stereocenters. The first-order chi connectivity index (χ1) is 9.54. The predicted molar refractivity (Wildman–Crippen MR) is 81.8 cm³/mol. The van der Waals surface area contributed by atoms with E-state index in [1.807, 2.05) is 38.1 Å². The Labute approximate surface area is 120 Å². The Morgan fingerprint density at radius 1 is 1.10 bits per heavy atom. The lowest BCUT2D eigenvalue weighted by Gasteiger charge is -2.27. The number of carbonyl (C=O) groups is 1. The Morgan fingerprint density at radius 3 is 2.20 bits per heavy atom. The molecule has 1 saturated carbocycles. The standard InChI is InChI=1S/C16H24N2O2/c1-11(2)16(20)18-14-5-3-12(4-6-14)17-13-7-9-15(19)10-8-13/h3-6,11,13,15,17,19H,7-10H2,1-2H3,(H,18,20). The van der Waals surface area contributed by atoms with Crippen LogP contribution in [-0.4, -0.2) is 23.2 Å². The zero-order valence-corrected chi connectivity index (χ0v) is 12.2. The summed E-state index contributed by atoms with van der Waals surface area (Å²) in [6, 6.07) is 8.25. The number of amides is 1. The summed E-state index contributed by atoms with van der Waals surface area (Å²) in [5.74, 6) is 0.0217. The Morgan fingerprint density at radius 2 is 1.65 bits per heavy atom. The molecular formula is C16H24N2O2. The van der Waals surface area contributed by atoms with Crippen molar-refractivity contribution in [2.45, 2.75) is 51.7 Å². The van der Waals surface area contributed by atoms with Crippen molar-refractivity contribution in [2.75, 3.05) is 10.6 Å². The summed E-state index contributed by atoms with van der Waals surface area (Å²) in [5, 5.41) is 15.8. The number of carbonyl (C=O) groups excluding carboxylic acids is 1. The van der Waals surface area contributed by atoms with Crippen LogP contribution in [0, 0.1) is 5.92 Å². The van der Waals surface area contributed by atoms with Crippen molar-refractivity contribution < 1.29 is 9.90 Å². The van der Waals surface area contributed by atoms with Crippen molar-refractivity contribution in [1.82, 2.24) is 0 Å². The van der Waals surface area contributed by atoms with Gasteiger partial charge in [-0.2, -0.15) is 0 Å². The number of aliphatic hydroxyl groups excluding tert-OH is 1. The number of rotatable bonds is 4. The summed E-state index contributed by atoms with van der Waals surface area (Å²) >= 11 is 0. The molecule has 0 aliphatic heterocycles. The van der Waals surface area contributed by atoms with Gasteiger partial charge in [0.1, 0.15) is 0 Å². The van der Waals surface area contributed by atoms with Crippen molar-refractivity contribution in [3.05, 3.63) is 24.3 Å². The molecule has 1 aliphatic rings. The van der Waals surface area contributed by atoms with Gasteiger partial charge in [-0.3, -0.25) is 4.79 Å². The Kier molecular flexibility index (Phi) is 5.01. The van der Waals surface area contributed by atoms with Gasteiger partial charge < -0.3 is 15.7 Å². The fourth-order valence-corrected chi connectivity index (χ4v) is 2.39. The number of nitrogens with one attached hydrogen (secondary N) is 2. The Bertz CT molecular complexity index is 434. The van der Waals surface area contributed by atoms with Crippen LogP contribution in [0.1, 0.15) is 39.5 Å². The summed E-state index contributed by atoms with van der Waals surface area (Å²) < 4.78 is 0. The molecule has 3 N–H and O–H groups in total. The maximum atomic E-state index is 11.6. The van der Waals surface area contributed by atoms with E-state index in [0.717, 1.165) is 37.1 Å². The third-order valence-electron chi connectivity index (χ3n) is 3.74. The fraction of sp³-hybridized carbons (Fsp3) is 0.562. The summed E-state index contributed by atoms with van der Waals surface area (Å²) in [7, 11) is 0. The Hall–Kier alpha value is -1.55. The van der Waals surface area contributed by atoms with E-state index >= 15 is 0 Å². The monoisotopic (exact) mass is 276 g/mol. The van der Waals surface area contributed by atoms with Gasteiger partial charge >= 0.3 is 0 Å². The second kappa shape index (κ2) is 6.75. The van der Waals surface area contributed by atoms with Gasteiger partial charge in [0.05, 0.1) is 6.10 Å². The van der Waals surface area contributed by atoms with Gasteiger partial charge in [0.15, 0.2) is 0 Å². The van der Waals surface area contributed by atoms with E-state index in [0.29, 0.717) is 6.04 Å². The number of benzene rings is 1. The van der Waals surface area contributed by atoms with Crippen LogP contribution in [0.25, 0.3) is 0 Å². The van der Waals surface area contributed by atoms with E-state index in [-0.39, 0.29) is 17.9 Å². The van der Waals surface area contributed by atoms with Gasteiger partial charge in [-0.15, -0.1) is 0 Å². The molecule has 0 spiro atoms. The molecule has 2 rings (SSSR count). The SMILES string of the molecule is CC(C)C(=O)Nc1ccc(NC2CCC(O)CC2)cc1. The molecule has 0 saturated heterocycles. The highest BCUT2D eigenvalue weighted by atomic mass is 16.3. The number of hydrogen-bond donors (Lipinski definition) is 3. The van der Waals surface area contributed by atoms with Crippen molar-refractivity contribution in [3.8, 4) is 0 Å². The summed E-state index contributed by atoms with van der Waals surface area (Å²) in [5.41, 5.74) is 1.89. The highest BCUT2D eigenvalue weighted by Crippen LogP contribution is 2.23. The van der Waals surface area contributed by atoms with Gasteiger partial charge in [-0.25, -0.2) is 0 Å². The van der Waals surface area contributed by atoms with Crippen molar-refractivity contribution >= 4 is 17.3 Å². The smallest absolute Gasteiger partial charge is 0.226 e. The lowest BCUT2D eigenvalue weighted by Crippen LogP contribution is -2.28.